The van der Waals surface area contributed by atoms with Gasteiger partial charge in [-0.25, -0.2) is 0 Å². The van der Waals surface area contributed by atoms with E-state index in [-0.39, 0.29) is 0 Å². The van der Waals surface area contributed by atoms with Gasteiger partial charge in [-0.15, -0.1) is 0 Å². The molecule has 0 bridgehead atoms. The van der Waals surface area contributed by atoms with Crippen molar-refractivity contribution < 1.29 is 0 Å². The Morgan fingerprint density at radius 3 is 2.53 bits per heavy atom. The Kier molecular flexibility index (Phi) is 8.72. The lowest BCUT2D eigenvalue weighted by Crippen LogP contribution is -2.45. The smallest absolute Gasteiger partial charge is 0.0107 e. The highest BCUT2D eigenvalue weighted by molar-refractivity contribution is 4.83. The van der Waals surface area contributed by atoms with Gasteiger partial charge < -0.3 is 10.2 Å². The van der Waals surface area contributed by atoms with E-state index in [1.165, 1.54) is 64.7 Å². The van der Waals surface area contributed by atoms with E-state index in [1.54, 1.807) is 0 Å². The second kappa shape index (κ2) is 9.77. The molecule has 19 heavy (non-hydrogen) atoms. The van der Waals surface area contributed by atoms with Gasteiger partial charge >= 0.3 is 0 Å². The number of rotatable bonds is 9. The summed E-state index contributed by atoms with van der Waals surface area (Å²) in [6.07, 6.45) is 8.25. The average molecular weight is 268 g/mol. The standard InChI is InChI=1S/C17H36N2/c1-5-12-18-17-11-9-8-10-16(17)14-19(7-3)13-15(4)6-2/h15-18H,5-14H2,1-4H3. The summed E-state index contributed by atoms with van der Waals surface area (Å²) in [4.78, 5) is 2.69. The Balaban J connectivity index is 2.44. The van der Waals surface area contributed by atoms with Crippen LogP contribution in [0.5, 0.6) is 0 Å². The largest absolute Gasteiger partial charge is 0.314 e. The van der Waals surface area contributed by atoms with Gasteiger partial charge in [-0.2, -0.15) is 0 Å². The molecular formula is C17H36N2. The van der Waals surface area contributed by atoms with E-state index < -0.39 is 0 Å². The number of nitrogens with zero attached hydrogens (tertiary/aromatic N) is 1. The molecule has 0 amide bonds. The Hall–Kier alpha value is -0.0800. The Labute approximate surface area is 121 Å². The zero-order chi connectivity index (χ0) is 14.1. The van der Waals surface area contributed by atoms with Gasteiger partial charge in [0.1, 0.15) is 0 Å². The molecule has 0 aromatic heterocycles. The molecule has 1 saturated carbocycles. The molecular weight excluding hydrogens is 232 g/mol. The van der Waals surface area contributed by atoms with Crippen LogP contribution in [0.1, 0.15) is 66.2 Å². The Morgan fingerprint density at radius 2 is 1.89 bits per heavy atom. The van der Waals surface area contributed by atoms with E-state index in [2.05, 4.69) is 37.9 Å². The molecule has 3 unspecified atom stereocenters. The summed E-state index contributed by atoms with van der Waals surface area (Å²) in [7, 11) is 0. The van der Waals surface area contributed by atoms with Crippen molar-refractivity contribution in [3.05, 3.63) is 0 Å². The maximum absolute atomic E-state index is 3.79. The van der Waals surface area contributed by atoms with E-state index >= 15 is 0 Å². The van der Waals surface area contributed by atoms with Crippen molar-refractivity contribution in [2.24, 2.45) is 11.8 Å². The third kappa shape index (κ3) is 6.27. The fourth-order valence-corrected chi connectivity index (χ4v) is 3.26. The summed E-state index contributed by atoms with van der Waals surface area (Å²) in [5, 5.41) is 3.79. The lowest BCUT2D eigenvalue weighted by molar-refractivity contribution is 0.157. The summed E-state index contributed by atoms with van der Waals surface area (Å²) < 4.78 is 0. The fraction of sp³-hybridized carbons (Fsp3) is 1.00. The van der Waals surface area contributed by atoms with Crippen molar-refractivity contribution in [3.8, 4) is 0 Å². The SMILES string of the molecule is CCCNC1CCCCC1CN(CC)CC(C)CC. The van der Waals surface area contributed by atoms with Gasteiger partial charge in [0.15, 0.2) is 0 Å². The number of hydrogen-bond acceptors (Lipinski definition) is 2. The van der Waals surface area contributed by atoms with Crippen molar-refractivity contribution in [1.82, 2.24) is 10.2 Å². The molecule has 1 N–H and O–H groups in total. The highest BCUT2D eigenvalue weighted by Gasteiger charge is 2.26. The Morgan fingerprint density at radius 1 is 1.16 bits per heavy atom. The van der Waals surface area contributed by atoms with Crippen LogP contribution < -0.4 is 5.32 Å². The van der Waals surface area contributed by atoms with Crippen LogP contribution in [0.15, 0.2) is 0 Å². The minimum Gasteiger partial charge on any atom is -0.314 e. The first-order valence-electron chi connectivity index (χ1n) is 8.66. The van der Waals surface area contributed by atoms with Gasteiger partial charge in [0.05, 0.1) is 0 Å². The lowest BCUT2D eigenvalue weighted by atomic mass is 9.84. The van der Waals surface area contributed by atoms with Gasteiger partial charge in [-0.3, -0.25) is 0 Å². The summed E-state index contributed by atoms with van der Waals surface area (Å²) in [6.45, 7) is 14.3. The maximum atomic E-state index is 3.79. The van der Waals surface area contributed by atoms with Gasteiger partial charge in [-0.1, -0.05) is 47.0 Å². The van der Waals surface area contributed by atoms with Crippen LogP contribution in [0, 0.1) is 11.8 Å². The minimum atomic E-state index is 0.777. The van der Waals surface area contributed by atoms with Gasteiger partial charge in [0.25, 0.3) is 0 Å². The zero-order valence-electron chi connectivity index (χ0n) is 13.8. The second-order valence-electron chi connectivity index (χ2n) is 6.47. The van der Waals surface area contributed by atoms with Gasteiger partial charge in [-0.05, 0) is 44.2 Å². The summed E-state index contributed by atoms with van der Waals surface area (Å²) in [5.74, 6) is 1.72. The van der Waals surface area contributed by atoms with Crippen LogP contribution in [0.25, 0.3) is 0 Å². The minimum absolute atomic E-state index is 0.777. The monoisotopic (exact) mass is 268 g/mol. The molecule has 1 aliphatic carbocycles. The van der Waals surface area contributed by atoms with E-state index in [9.17, 15) is 0 Å². The molecule has 0 heterocycles. The molecule has 2 nitrogen and oxygen atoms in total. The predicted octanol–water partition coefficient (Wildman–Crippen LogP) is 3.91. The predicted molar refractivity (Wildman–Crippen MR) is 85.6 cm³/mol. The Bertz CT molecular complexity index is 217. The van der Waals surface area contributed by atoms with E-state index in [4.69, 9.17) is 0 Å². The normalized spacial score (nSPS) is 25.7. The second-order valence-corrected chi connectivity index (χ2v) is 6.47. The molecule has 0 aromatic rings. The highest BCUT2D eigenvalue weighted by atomic mass is 15.1. The van der Waals surface area contributed by atoms with Crippen molar-refractivity contribution >= 4 is 0 Å². The van der Waals surface area contributed by atoms with Crippen molar-refractivity contribution in [2.45, 2.75) is 72.3 Å². The lowest BCUT2D eigenvalue weighted by Gasteiger charge is -2.36. The molecule has 1 fully saturated rings. The van der Waals surface area contributed by atoms with E-state index in [0.717, 1.165) is 17.9 Å². The van der Waals surface area contributed by atoms with Crippen LogP contribution in [0.3, 0.4) is 0 Å². The van der Waals surface area contributed by atoms with Crippen LogP contribution in [0.2, 0.25) is 0 Å². The van der Waals surface area contributed by atoms with E-state index in [1.807, 2.05) is 0 Å². The zero-order valence-corrected chi connectivity index (χ0v) is 13.8. The van der Waals surface area contributed by atoms with E-state index in [0.29, 0.717) is 0 Å². The average Bonchev–Trinajstić information content (AvgIpc) is 2.45. The maximum Gasteiger partial charge on any atom is 0.0107 e. The summed E-state index contributed by atoms with van der Waals surface area (Å²) in [6, 6.07) is 0.777. The topological polar surface area (TPSA) is 15.3 Å². The van der Waals surface area contributed by atoms with Crippen molar-refractivity contribution in [2.75, 3.05) is 26.2 Å². The fourth-order valence-electron chi connectivity index (χ4n) is 3.26. The van der Waals surface area contributed by atoms with Gasteiger partial charge in [0.2, 0.25) is 0 Å². The molecule has 3 atom stereocenters. The van der Waals surface area contributed by atoms with Crippen LogP contribution in [-0.4, -0.2) is 37.1 Å². The first-order valence-corrected chi connectivity index (χ1v) is 8.66. The van der Waals surface area contributed by atoms with Crippen LogP contribution in [-0.2, 0) is 0 Å². The van der Waals surface area contributed by atoms with Crippen LogP contribution in [0.4, 0.5) is 0 Å². The molecule has 0 aromatic carbocycles. The third-order valence-electron chi connectivity index (χ3n) is 4.77. The first kappa shape index (κ1) is 17.0. The molecule has 1 aliphatic rings. The molecule has 0 spiro atoms. The molecule has 1 rings (SSSR count). The van der Waals surface area contributed by atoms with Crippen LogP contribution >= 0.6 is 0 Å². The molecule has 0 aliphatic heterocycles. The third-order valence-corrected chi connectivity index (χ3v) is 4.77. The highest BCUT2D eigenvalue weighted by Crippen LogP contribution is 2.25. The number of nitrogens with one attached hydrogen (secondary N) is 1. The van der Waals surface area contributed by atoms with Crippen molar-refractivity contribution in [3.63, 3.8) is 0 Å². The molecule has 0 radical (unpaired) electrons. The van der Waals surface area contributed by atoms with Gasteiger partial charge in [0, 0.05) is 19.1 Å². The number of hydrogen-bond donors (Lipinski definition) is 1. The summed E-state index contributed by atoms with van der Waals surface area (Å²) in [5.41, 5.74) is 0. The molecule has 114 valence electrons. The molecule has 2 heteroatoms. The van der Waals surface area contributed by atoms with Crippen molar-refractivity contribution in [1.29, 1.82) is 0 Å². The summed E-state index contributed by atoms with van der Waals surface area (Å²) >= 11 is 0. The quantitative estimate of drug-likeness (QED) is 0.682. The molecule has 0 saturated heterocycles. The first-order chi connectivity index (χ1) is 9.21.